The number of aromatic nitrogens is 8. The molecule has 32 heteroatoms. The van der Waals surface area contributed by atoms with E-state index in [1.54, 1.807) is 62.4 Å². The number of aryl methyl sites for hydroxylation is 2. The number of hydrogen-bond donors (Lipinski definition) is 6. The van der Waals surface area contributed by atoms with E-state index in [-0.39, 0.29) is 147 Å². The molecule has 368 valence electrons. The first-order valence-corrected chi connectivity index (χ1v) is 24.5. The van der Waals surface area contributed by atoms with E-state index in [1.807, 2.05) is 0 Å². The summed E-state index contributed by atoms with van der Waals surface area (Å²) >= 11 is 4.56. The Morgan fingerprint density at radius 3 is 1.36 bits per heavy atom. The first-order chi connectivity index (χ1) is 33.4. The second-order valence-corrected chi connectivity index (χ2v) is 19.5. The molecule has 6 atom stereocenters. The summed E-state index contributed by atoms with van der Waals surface area (Å²) in [7, 11) is 0. The molecule has 2 saturated heterocycles. The number of carbonyl (C=O) groups is 8. The molecule has 6 heterocycles. The number of carboxylic acid groups (broad SMARTS) is 4. The summed E-state index contributed by atoms with van der Waals surface area (Å²) in [6.07, 6.45) is -2.96. The maximum atomic E-state index is 12.8. The predicted molar refractivity (Wildman–Crippen MR) is 239 cm³/mol. The van der Waals surface area contributed by atoms with Gasteiger partial charge in [-0.25, -0.2) is 9.36 Å². The molecule has 2 fully saturated rings. The third-order valence-electron chi connectivity index (χ3n) is 10.9. The molecular weight excluding hydrogens is 1080 g/mol. The molecule has 72 heavy (non-hydrogen) atoms. The van der Waals surface area contributed by atoms with Gasteiger partial charge in [-0.3, -0.25) is 38.6 Å². The van der Waals surface area contributed by atoms with Crippen LogP contribution in [0.2, 0.25) is 0 Å². The number of carboxylic acids is 4. The van der Waals surface area contributed by atoms with Crippen LogP contribution in [0.25, 0.3) is 0 Å². The number of β-lactam (4-membered cyclic amide) rings is 2. The van der Waals surface area contributed by atoms with Gasteiger partial charge in [0, 0.05) is 23.0 Å². The van der Waals surface area contributed by atoms with Gasteiger partial charge in [0.25, 0.3) is 23.6 Å². The molecule has 4 amide bonds. The molecule has 2 unspecified atom stereocenters. The number of aliphatic hydroxyl groups excluding tert-OH is 2. The number of benzene rings is 2. The molecule has 8 rings (SSSR count). The maximum Gasteiger partial charge on any atom is 1.00 e. The molecule has 6 N–H and O–H groups in total. The Balaban J connectivity index is 0.000000260. The third-order valence-corrected chi connectivity index (χ3v) is 15.6. The van der Waals surface area contributed by atoms with Crippen molar-refractivity contribution in [1.29, 1.82) is 0 Å². The van der Waals surface area contributed by atoms with Crippen LogP contribution >= 0.6 is 47.0 Å². The van der Waals surface area contributed by atoms with Crippen molar-refractivity contribution in [2.75, 3.05) is 23.0 Å². The molecule has 4 aliphatic rings. The monoisotopic (exact) mass is 1120 g/mol. The van der Waals surface area contributed by atoms with E-state index >= 15 is 0 Å². The number of amides is 4. The summed E-state index contributed by atoms with van der Waals surface area (Å²) in [5.41, 5.74) is 2.39. The average molecular weight is 1120 g/mol. The number of fused-ring (bicyclic) bond motifs is 2. The van der Waals surface area contributed by atoms with Gasteiger partial charge in [-0.1, -0.05) is 72.1 Å². The SMILES string of the molecule is Cc1ccccc1[C@@H](O)C(=O)NC1C(=O)N2C(C(=O)[O-])=C(CSc3nnnn3CC(=O)O)CS[C@H]12.Cc1ccccc1[C@@H](O)C(=O)NC1C(=O)N2C(C(=O)[O-])=C(CSc3nnnn3CC(=O)O)CS[C@H]12.[K+].[K+]. The van der Waals surface area contributed by atoms with Crippen molar-refractivity contribution in [2.24, 2.45) is 0 Å². The second-order valence-electron chi connectivity index (χ2n) is 15.4. The largest absolute Gasteiger partial charge is 1.00 e. The van der Waals surface area contributed by atoms with Gasteiger partial charge < -0.3 is 50.9 Å². The molecule has 4 aromatic rings. The van der Waals surface area contributed by atoms with Gasteiger partial charge in [0.05, 0.1) is 23.3 Å². The number of aliphatic hydroxyl groups is 2. The Kier molecular flexibility index (Phi) is 21.6. The fraction of sp³-hybridized carbons (Fsp3) is 0.350. The second kappa shape index (κ2) is 26.3. The van der Waals surface area contributed by atoms with Gasteiger partial charge in [0.1, 0.15) is 35.9 Å². The van der Waals surface area contributed by atoms with E-state index in [9.17, 15) is 58.8 Å². The summed E-state index contributed by atoms with van der Waals surface area (Å²) in [5, 5.41) is 88.0. The molecule has 0 saturated carbocycles. The summed E-state index contributed by atoms with van der Waals surface area (Å²) in [5.74, 6) is -7.57. The van der Waals surface area contributed by atoms with Crippen molar-refractivity contribution in [3.8, 4) is 0 Å². The van der Waals surface area contributed by atoms with Gasteiger partial charge in [0.2, 0.25) is 10.3 Å². The molecule has 2 aromatic carbocycles. The Morgan fingerprint density at radius 1 is 0.667 bits per heavy atom. The first kappa shape index (κ1) is 59.3. The molecule has 0 aliphatic carbocycles. The van der Waals surface area contributed by atoms with Crippen LogP contribution in [0.3, 0.4) is 0 Å². The Bertz CT molecular complexity index is 2670. The van der Waals surface area contributed by atoms with E-state index in [4.69, 9.17) is 10.2 Å². The minimum atomic E-state index is -1.55. The number of aliphatic carboxylic acids is 4. The summed E-state index contributed by atoms with van der Waals surface area (Å²) < 4.78 is 2.12. The van der Waals surface area contributed by atoms with Crippen molar-refractivity contribution in [2.45, 2.75) is 72.3 Å². The number of carbonyl (C=O) groups excluding carboxylic acids is 6. The zero-order valence-corrected chi connectivity index (χ0v) is 47.8. The molecular formula is C40H38K2N12O14S4. The van der Waals surface area contributed by atoms with Crippen LogP contribution in [0.4, 0.5) is 0 Å². The standard InChI is InChI=1S/2C20H20N6O7S2.2K/c2*1-9-4-2-3-5-11(9)15(29)16(30)21-13-17(31)26-14(19(32)33)10(7-34-18(13)26)8-35-20-22-23-24-25(20)6-12(27)28;;/h2*2-5,13,15,18,29H,6-8H2,1H3,(H,21,30)(H,27,28)(H,32,33);;/q;;2*+1/p-2/t2*13?,15-,18-;;/m11../s1. The number of tetrazole rings is 2. The first-order valence-electron chi connectivity index (χ1n) is 20.4. The van der Waals surface area contributed by atoms with Gasteiger partial charge in [-0.2, -0.15) is 0 Å². The van der Waals surface area contributed by atoms with E-state index in [0.717, 1.165) is 42.7 Å². The topological polar surface area (TPSA) is 381 Å². The van der Waals surface area contributed by atoms with Crippen LogP contribution in [-0.4, -0.2) is 164 Å². The summed E-state index contributed by atoms with van der Waals surface area (Å²) in [6, 6.07) is 11.6. The van der Waals surface area contributed by atoms with Crippen LogP contribution in [0, 0.1) is 13.8 Å². The Labute approximate surface area is 509 Å². The number of hydrogen-bond acceptors (Lipinski definition) is 22. The fourth-order valence-corrected chi connectivity index (χ4v) is 12.2. The van der Waals surface area contributed by atoms with Gasteiger partial charge in [-0.05, 0) is 68.1 Å². The summed E-state index contributed by atoms with van der Waals surface area (Å²) in [6.45, 7) is 2.57. The molecule has 0 radical (unpaired) electrons. The normalized spacial score (nSPS) is 19.6. The minimum absolute atomic E-state index is 0. The van der Waals surface area contributed by atoms with E-state index in [2.05, 4.69) is 41.7 Å². The molecule has 26 nitrogen and oxygen atoms in total. The third kappa shape index (κ3) is 13.3. The van der Waals surface area contributed by atoms with Crippen molar-refractivity contribution in [1.82, 2.24) is 60.8 Å². The van der Waals surface area contributed by atoms with Crippen LogP contribution in [0.1, 0.15) is 34.5 Å². The van der Waals surface area contributed by atoms with Gasteiger partial charge in [0.15, 0.2) is 12.2 Å². The molecule has 4 aliphatic heterocycles. The zero-order chi connectivity index (χ0) is 50.6. The van der Waals surface area contributed by atoms with Gasteiger partial charge in [-0.15, -0.1) is 33.7 Å². The van der Waals surface area contributed by atoms with E-state index < -0.39 is 95.6 Å². The van der Waals surface area contributed by atoms with Crippen molar-refractivity contribution in [3.05, 3.63) is 93.3 Å². The fourth-order valence-electron chi connectivity index (χ4n) is 7.46. The van der Waals surface area contributed by atoms with Crippen molar-refractivity contribution >= 4 is 94.6 Å². The van der Waals surface area contributed by atoms with Crippen molar-refractivity contribution in [3.63, 3.8) is 0 Å². The number of rotatable bonds is 18. The number of thioether (sulfide) groups is 4. The van der Waals surface area contributed by atoms with Crippen LogP contribution < -0.4 is 124 Å². The maximum absolute atomic E-state index is 12.8. The summed E-state index contributed by atoms with van der Waals surface area (Å²) in [4.78, 5) is 98.6. The Morgan fingerprint density at radius 2 is 1.03 bits per heavy atom. The van der Waals surface area contributed by atoms with Crippen LogP contribution in [0.15, 0.2) is 81.4 Å². The van der Waals surface area contributed by atoms with Crippen LogP contribution in [-0.2, 0) is 51.4 Å². The minimum Gasteiger partial charge on any atom is -0.543 e. The van der Waals surface area contributed by atoms with E-state index in [0.29, 0.717) is 33.4 Å². The number of nitrogens with one attached hydrogen (secondary N) is 2. The number of nitrogens with zero attached hydrogens (tertiary/aromatic N) is 10. The smallest absolute Gasteiger partial charge is 0.543 e. The zero-order valence-electron chi connectivity index (χ0n) is 38.3. The Hall–Kier alpha value is -3.59. The average Bonchev–Trinajstić information content (AvgIpc) is 3.97. The molecule has 0 bridgehead atoms. The molecule has 0 spiro atoms. The van der Waals surface area contributed by atoms with Gasteiger partial charge >= 0.3 is 115 Å². The van der Waals surface area contributed by atoms with E-state index in [1.165, 1.54) is 23.5 Å². The molecule has 2 aromatic heterocycles. The quantitative estimate of drug-likeness (QED) is 0.0306. The van der Waals surface area contributed by atoms with Crippen LogP contribution in [0.5, 0.6) is 0 Å². The van der Waals surface area contributed by atoms with Crippen molar-refractivity contribution < 1.29 is 172 Å². The predicted octanol–water partition coefficient (Wildman–Crippen LogP) is -9.40.